The van der Waals surface area contributed by atoms with Gasteiger partial charge in [-0.25, -0.2) is 4.90 Å². The Morgan fingerprint density at radius 2 is 1.14 bits per heavy atom. The predicted octanol–water partition coefficient (Wildman–Crippen LogP) is 8.59. The molecule has 3 aliphatic rings. The SMILES string of the molecule is O=C1c2ccc3c4ccc5c6c(ccc(c7ccc(c2c37)C(=O)N1c1ccc(I)cc1)c64)C(O)N(C1=CC=C(I)CC1)C5=O. The first-order valence-corrected chi connectivity index (χ1v) is 16.4. The fourth-order valence-corrected chi connectivity index (χ4v) is 8.10. The predicted molar refractivity (Wildman–Crippen MR) is 189 cm³/mol. The molecule has 0 fully saturated rings. The highest BCUT2D eigenvalue weighted by Crippen LogP contribution is 2.48. The molecule has 6 aromatic rings. The Bertz CT molecular complexity index is 2320. The Hall–Kier alpha value is -3.87. The van der Waals surface area contributed by atoms with E-state index in [4.69, 9.17) is 0 Å². The van der Waals surface area contributed by atoms with Crippen molar-refractivity contribution in [1.29, 1.82) is 0 Å². The van der Waals surface area contributed by atoms with E-state index in [0.717, 1.165) is 53.4 Å². The smallest absolute Gasteiger partial charge is 0.265 e. The van der Waals surface area contributed by atoms with E-state index in [9.17, 15) is 19.5 Å². The molecule has 0 saturated carbocycles. The number of rotatable bonds is 2. The van der Waals surface area contributed by atoms with Crippen molar-refractivity contribution in [3.8, 4) is 0 Å². The number of carbonyl (C=O) groups is 3. The number of imide groups is 1. The Balaban J connectivity index is 1.30. The van der Waals surface area contributed by atoms with Crippen LogP contribution in [0.15, 0.2) is 94.2 Å². The van der Waals surface area contributed by atoms with Crippen LogP contribution in [0.1, 0.15) is 55.7 Å². The van der Waals surface area contributed by atoms with Crippen molar-refractivity contribution < 1.29 is 19.5 Å². The third-order valence-electron chi connectivity index (χ3n) is 9.24. The normalized spacial score (nSPS) is 18.2. The van der Waals surface area contributed by atoms with Crippen molar-refractivity contribution >= 4 is 112 Å². The second kappa shape index (κ2) is 9.32. The van der Waals surface area contributed by atoms with Crippen LogP contribution in [0.3, 0.4) is 0 Å². The largest absolute Gasteiger partial charge is 0.369 e. The number of nitrogens with zero attached hydrogens (tertiary/aromatic N) is 2. The number of hydrogen-bond acceptors (Lipinski definition) is 4. The molecule has 1 unspecified atom stereocenters. The second-order valence-corrected chi connectivity index (χ2v) is 14.1. The van der Waals surface area contributed by atoms with Crippen LogP contribution in [0.2, 0.25) is 0 Å². The van der Waals surface area contributed by atoms with E-state index in [1.807, 2.05) is 72.8 Å². The van der Waals surface area contributed by atoms with Crippen molar-refractivity contribution in [3.05, 3.63) is 120 Å². The summed E-state index contributed by atoms with van der Waals surface area (Å²) in [4.78, 5) is 44.5. The van der Waals surface area contributed by atoms with Gasteiger partial charge in [0, 0.05) is 42.3 Å². The molecule has 0 bridgehead atoms. The molecule has 2 aliphatic heterocycles. The summed E-state index contributed by atoms with van der Waals surface area (Å²) in [6.45, 7) is 0. The Kier molecular flexibility index (Phi) is 5.62. The Labute approximate surface area is 278 Å². The summed E-state index contributed by atoms with van der Waals surface area (Å²) >= 11 is 4.50. The van der Waals surface area contributed by atoms with Crippen LogP contribution < -0.4 is 4.90 Å². The number of hydrogen-bond donors (Lipinski definition) is 1. The maximum atomic E-state index is 14.0. The lowest BCUT2D eigenvalue weighted by molar-refractivity contribution is 0.0196. The first-order chi connectivity index (χ1) is 21.3. The number of aliphatic hydroxyl groups excluding tert-OH is 1. The zero-order valence-electron chi connectivity index (χ0n) is 22.9. The molecule has 0 aromatic heterocycles. The van der Waals surface area contributed by atoms with Crippen LogP contribution in [0.25, 0.3) is 43.1 Å². The zero-order chi connectivity index (χ0) is 30.0. The Morgan fingerprint density at radius 3 is 1.70 bits per heavy atom. The summed E-state index contributed by atoms with van der Waals surface area (Å²) in [6, 6.07) is 22.6. The van der Waals surface area contributed by atoms with Crippen molar-refractivity contribution in [2.45, 2.75) is 19.1 Å². The van der Waals surface area contributed by atoms with E-state index in [-0.39, 0.29) is 17.7 Å². The van der Waals surface area contributed by atoms with Gasteiger partial charge in [0.15, 0.2) is 6.23 Å². The van der Waals surface area contributed by atoms with Crippen molar-refractivity contribution in [1.82, 2.24) is 4.90 Å². The number of allylic oxidation sites excluding steroid dienone is 4. The van der Waals surface area contributed by atoms with Gasteiger partial charge in [0.25, 0.3) is 17.7 Å². The molecule has 9 rings (SSSR count). The monoisotopic (exact) mass is 798 g/mol. The minimum Gasteiger partial charge on any atom is -0.369 e. The number of amides is 3. The van der Waals surface area contributed by atoms with Crippen LogP contribution in [-0.4, -0.2) is 27.7 Å². The van der Waals surface area contributed by atoms with Gasteiger partial charge in [-0.3, -0.25) is 19.3 Å². The lowest BCUT2D eigenvalue weighted by Crippen LogP contribution is -2.40. The summed E-state index contributed by atoms with van der Waals surface area (Å²) < 4.78 is 2.23. The van der Waals surface area contributed by atoms with E-state index >= 15 is 0 Å². The lowest BCUT2D eigenvalue weighted by Gasteiger charge is -2.36. The molecule has 0 saturated heterocycles. The minimum absolute atomic E-state index is 0.215. The third-order valence-corrected chi connectivity index (χ3v) is 10.9. The molecule has 1 atom stereocenters. The van der Waals surface area contributed by atoms with Gasteiger partial charge >= 0.3 is 0 Å². The van der Waals surface area contributed by atoms with E-state index in [2.05, 4.69) is 45.2 Å². The van der Waals surface area contributed by atoms with Crippen molar-refractivity contribution in [2.75, 3.05) is 4.90 Å². The molecule has 6 nitrogen and oxygen atoms in total. The van der Waals surface area contributed by atoms with Gasteiger partial charge in [-0.05, 0) is 142 Å². The lowest BCUT2D eigenvalue weighted by atomic mass is 9.82. The van der Waals surface area contributed by atoms with Crippen LogP contribution in [-0.2, 0) is 0 Å². The van der Waals surface area contributed by atoms with Gasteiger partial charge in [-0.15, -0.1) is 0 Å². The molecule has 6 aromatic carbocycles. The fourth-order valence-electron chi connectivity index (χ4n) is 7.29. The summed E-state index contributed by atoms with van der Waals surface area (Å²) in [5, 5.41) is 18.4. The fraction of sp³-hybridized carbons (Fsp3) is 0.0833. The van der Waals surface area contributed by atoms with Gasteiger partial charge in [0.05, 0.1) is 5.69 Å². The van der Waals surface area contributed by atoms with Gasteiger partial charge in [0.2, 0.25) is 0 Å². The number of carbonyl (C=O) groups excluding carboxylic acids is 3. The third kappa shape index (κ3) is 3.41. The van der Waals surface area contributed by atoms with Crippen molar-refractivity contribution in [3.63, 3.8) is 0 Å². The quantitative estimate of drug-likeness (QED) is 0.0825. The summed E-state index contributed by atoms with van der Waals surface area (Å²) in [5.41, 5.74) is 3.56. The van der Waals surface area contributed by atoms with Crippen LogP contribution in [0.5, 0.6) is 0 Å². The molecule has 8 heteroatoms. The molecule has 44 heavy (non-hydrogen) atoms. The average molecular weight is 798 g/mol. The van der Waals surface area contributed by atoms with E-state index < -0.39 is 6.23 Å². The number of aliphatic hydroxyl groups is 1. The van der Waals surface area contributed by atoms with Crippen LogP contribution >= 0.6 is 45.2 Å². The summed E-state index contributed by atoms with van der Waals surface area (Å²) in [5.74, 6) is -0.911. The average Bonchev–Trinajstić information content (AvgIpc) is 3.03. The molecule has 0 radical (unpaired) electrons. The van der Waals surface area contributed by atoms with Gasteiger partial charge in [-0.1, -0.05) is 36.4 Å². The molecule has 1 N–H and O–H groups in total. The number of halogens is 2. The molecule has 0 spiro atoms. The highest BCUT2D eigenvalue weighted by atomic mass is 127. The number of anilines is 1. The summed E-state index contributed by atoms with van der Waals surface area (Å²) in [7, 11) is 0. The minimum atomic E-state index is -1.10. The van der Waals surface area contributed by atoms with Crippen LogP contribution in [0, 0.1) is 3.57 Å². The van der Waals surface area contributed by atoms with Gasteiger partial charge in [0.1, 0.15) is 0 Å². The molecule has 2 heterocycles. The molecule has 3 amide bonds. The second-order valence-electron chi connectivity index (χ2n) is 11.4. The molecular weight excluding hydrogens is 778 g/mol. The van der Waals surface area contributed by atoms with E-state index in [1.165, 1.54) is 13.4 Å². The van der Waals surface area contributed by atoms with E-state index in [1.54, 1.807) is 12.1 Å². The maximum Gasteiger partial charge on any atom is 0.265 e. The molecular formula is C36H20I2N2O4. The van der Waals surface area contributed by atoms with Gasteiger partial charge in [-0.2, -0.15) is 0 Å². The number of benzene rings is 6. The molecule has 1 aliphatic carbocycles. The maximum absolute atomic E-state index is 14.0. The highest BCUT2D eigenvalue weighted by Gasteiger charge is 2.38. The van der Waals surface area contributed by atoms with Crippen molar-refractivity contribution in [2.24, 2.45) is 0 Å². The van der Waals surface area contributed by atoms with E-state index in [0.29, 0.717) is 39.7 Å². The molecule has 212 valence electrons. The topological polar surface area (TPSA) is 77.9 Å². The summed E-state index contributed by atoms with van der Waals surface area (Å²) in [6.07, 6.45) is 4.35. The highest BCUT2D eigenvalue weighted by molar-refractivity contribution is 14.1. The van der Waals surface area contributed by atoms with Gasteiger partial charge < -0.3 is 5.11 Å². The standard InChI is InChI=1S/C36H20I2N2O4/c37-17-1-5-19(6-2-17)39-33(41)25-13-9-21-23-11-15-27-32-28(36(44)40(35(27)43)20-7-3-18(38)4-8-20)16-12-24(30(23)32)22-10-14-26(34(39)42)31(25)29(21)22/h1-3,5-7,9-16,35,43H,4,8H2. The first-order valence-electron chi connectivity index (χ1n) is 14.2. The van der Waals surface area contributed by atoms with Crippen LogP contribution in [0.4, 0.5) is 5.69 Å². The first kappa shape index (κ1) is 26.5. The Morgan fingerprint density at radius 1 is 0.591 bits per heavy atom. The zero-order valence-corrected chi connectivity index (χ0v) is 27.2. The number of fused-ring (bicyclic) bond motifs is 2.